The predicted molar refractivity (Wildman–Crippen MR) is 102 cm³/mol. The molecular weight excluding hydrogens is 356 g/mol. The summed E-state index contributed by atoms with van der Waals surface area (Å²) >= 11 is 6.75. The first-order valence-corrected chi connectivity index (χ1v) is 8.79. The summed E-state index contributed by atoms with van der Waals surface area (Å²) < 4.78 is 1.73. The van der Waals surface area contributed by atoms with Crippen molar-refractivity contribution < 1.29 is 4.79 Å². The molecule has 8 heteroatoms. The number of benzene rings is 1. The van der Waals surface area contributed by atoms with Crippen molar-refractivity contribution in [3.63, 3.8) is 0 Å². The third kappa shape index (κ3) is 3.59. The Morgan fingerprint density at radius 1 is 1.52 bits per heavy atom. The molecule has 3 rings (SSSR count). The fraction of sp³-hybridized carbons (Fsp3) is 0.176. The van der Waals surface area contributed by atoms with Crippen molar-refractivity contribution >= 4 is 40.4 Å². The predicted octanol–water partition coefficient (Wildman–Crippen LogP) is 2.94. The van der Waals surface area contributed by atoms with Crippen molar-refractivity contribution in [3.8, 4) is 0 Å². The summed E-state index contributed by atoms with van der Waals surface area (Å²) in [6.07, 6.45) is 3.36. The van der Waals surface area contributed by atoms with Gasteiger partial charge in [-0.2, -0.15) is 0 Å². The number of rotatable bonds is 5. The lowest BCUT2D eigenvalue weighted by atomic mass is 10.1. The summed E-state index contributed by atoms with van der Waals surface area (Å²) in [5.41, 5.74) is 0.794. The van der Waals surface area contributed by atoms with Gasteiger partial charge in [-0.3, -0.25) is 14.2 Å². The smallest absolute Gasteiger partial charge is 0.262 e. The van der Waals surface area contributed by atoms with Gasteiger partial charge in [0.15, 0.2) is 4.77 Å². The molecule has 0 aliphatic heterocycles. The molecule has 0 radical (unpaired) electrons. The number of amides is 1. The summed E-state index contributed by atoms with van der Waals surface area (Å²) in [6, 6.07) is 4.90. The fourth-order valence-electron chi connectivity index (χ4n) is 2.45. The van der Waals surface area contributed by atoms with E-state index in [-0.39, 0.29) is 11.5 Å². The summed E-state index contributed by atoms with van der Waals surface area (Å²) in [7, 11) is 0. The van der Waals surface area contributed by atoms with Gasteiger partial charge >= 0.3 is 0 Å². The molecule has 1 aromatic carbocycles. The summed E-state index contributed by atoms with van der Waals surface area (Å²) in [4.78, 5) is 32.9. The number of fused-ring (bicyclic) bond motifs is 1. The van der Waals surface area contributed by atoms with E-state index >= 15 is 0 Å². The van der Waals surface area contributed by atoms with Gasteiger partial charge < -0.3 is 10.3 Å². The molecule has 0 saturated carbocycles. The highest BCUT2D eigenvalue weighted by atomic mass is 32.1. The number of aromatic amines is 1. The molecule has 6 nitrogen and oxygen atoms in total. The topological polar surface area (TPSA) is 79.8 Å². The van der Waals surface area contributed by atoms with Crippen LogP contribution in [0.5, 0.6) is 0 Å². The Morgan fingerprint density at radius 2 is 2.32 bits per heavy atom. The van der Waals surface area contributed by atoms with E-state index in [1.54, 1.807) is 30.5 Å². The first-order chi connectivity index (χ1) is 12.0. The van der Waals surface area contributed by atoms with E-state index in [1.807, 2.05) is 6.92 Å². The number of hydrogen-bond donors (Lipinski definition) is 2. The zero-order valence-corrected chi connectivity index (χ0v) is 15.2. The number of aromatic nitrogens is 3. The van der Waals surface area contributed by atoms with E-state index in [2.05, 4.69) is 21.9 Å². The lowest BCUT2D eigenvalue weighted by Gasteiger charge is -2.08. The van der Waals surface area contributed by atoms with Crippen molar-refractivity contribution in [1.29, 1.82) is 0 Å². The second-order valence-electron chi connectivity index (χ2n) is 5.42. The van der Waals surface area contributed by atoms with Crippen LogP contribution >= 0.6 is 23.6 Å². The van der Waals surface area contributed by atoms with Crippen LogP contribution in [0.15, 0.2) is 41.8 Å². The Bertz CT molecular complexity index is 1080. The van der Waals surface area contributed by atoms with Gasteiger partial charge in [-0.25, -0.2) is 4.98 Å². The first kappa shape index (κ1) is 17.2. The van der Waals surface area contributed by atoms with E-state index in [0.717, 1.165) is 9.88 Å². The van der Waals surface area contributed by atoms with Crippen molar-refractivity contribution in [2.75, 3.05) is 0 Å². The fourth-order valence-corrected chi connectivity index (χ4v) is 3.45. The average molecular weight is 372 g/mol. The molecule has 3 aromatic rings. The molecule has 2 N–H and O–H groups in total. The minimum atomic E-state index is -0.220. The van der Waals surface area contributed by atoms with Crippen LogP contribution in [0.1, 0.15) is 20.2 Å². The molecule has 0 bridgehead atoms. The number of aryl methyl sites for hydroxylation is 1. The number of carbonyl (C=O) groups excluding carboxylic acids is 1. The minimum Gasteiger partial charge on any atom is -0.347 e. The molecule has 0 aliphatic rings. The molecule has 0 unspecified atom stereocenters. The van der Waals surface area contributed by atoms with E-state index in [4.69, 9.17) is 12.2 Å². The monoisotopic (exact) mass is 372 g/mol. The molecule has 0 spiro atoms. The van der Waals surface area contributed by atoms with Crippen molar-refractivity contribution in [2.24, 2.45) is 0 Å². The van der Waals surface area contributed by atoms with Crippen LogP contribution in [0, 0.1) is 11.7 Å². The van der Waals surface area contributed by atoms with Gasteiger partial charge in [0, 0.05) is 23.2 Å². The third-order valence-corrected chi connectivity index (χ3v) is 4.88. The highest BCUT2D eigenvalue weighted by Crippen LogP contribution is 2.13. The zero-order valence-electron chi connectivity index (χ0n) is 13.5. The lowest BCUT2D eigenvalue weighted by Crippen LogP contribution is -2.24. The van der Waals surface area contributed by atoms with Crippen molar-refractivity contribution in [1.82, 2.24) is 19.9 Å². The second-order valence-corrected chi connectivity index (χ2v) is 7.13. The Balaban J connectivity index is 1.89. The molecule has 0 fully saturated rings. The van der Waals surface area contributed by atoms with Crippen LogP contribution in [0.4, 0.5) is 0 Å². The van der Waals surface area contributed by atoms with Crippen LogP contribution in [-0.4, -0.2) is 20.4 Å². The van der Waals surface area contributed by atoms with Crippen LogP contribution in [0.2, 0.25) is 0 Å². The van der Waals surface area contributed by atoms with Crippen LogP contribution < -0.4 is 10.9 Å². The number of thiazole rings is 1. The largest absolute Gasteiger partial charge is 0.347 e. The summed E-state index contributed by atoms with van der Waals surface area (Å²) in [5, 5.41) is 4.28. The van der Waals surface area contributed by atoms with Gasteiger partial charge in [0.1, 0.15) is 0 Å². The molecule has 0 aliphatic carbocycles. The standard InChI is InChI=1S/C17H16N4O2S2/c1-3-6-21-16(23)13-5-4-11(7-14(13)20-17(21)24)15(22)19-9-12-8-18-10(2)25-12/h3-5,7-8H,1,6,9H2,2H3,(H,19,22)(H,20,24). The Hall–Kier alpha value is -2.58. The number of carbonyl (C=O) groups is 1. The number of nitrogens with zero attached hydrogens (tertiary/aromatic N) is 2. The van der Waals surface area contributed by atoms with Crippen molar-refractivity contribution in [3.05, 3.63) is 67.6 Å². The van der Waals surface area contributed by atoms with E-state index < -0.39 is 0 Å². The van der Waals surface area contributed by atoms with Crippen LogP contribution in [0.25, 0.3) is 10.9 Å². The Morgan fingerprint density at radius 3 is 3.00 bits per heavy atom. The van der Waals surface area contributed by atoms with Gasteiger partial charge in [0.2, 0.25) is 0 Å². The summed E-state index contributed by atoms with van der Waals surface area (Å²) in [6.45, 7) is 6.29. The minimum absolute atomic E-state index is 0.203. The van der Waals surface area contributed by atoms with E-state index in [1.165, 1.54) is 15.9 Å². The van der Waals surface area contributed by atoms with Gasteiger partial charge in [-0.1, -0.05) is 6.08 Å². The number of hydrogen-bond acceptors (Lipinski definition) is 5. The highest BCUT2D eigenvalue weighted by Gasteiger charge is 2.10. The summed E-state index contributed by atoms with van der Waals surface area (Å²) in [5.74, 6) is -0.220. The third-order valence-electron chi connectivity index (χ3n) is 3.65. The molecular formula is C17H16N4O2S2. The molecule has 0 atom stereocenters. The molecule has 128 valence electrons. The quantitative estimate of drug-likeness (QED) is 0.533. The first-order valence-electron chi connectivity index (χ1n) is 7.57. The van der Waals surface area contributed by atoms with Gasteiger partial charge in [-0.15, -0.1) is 17.9 Å². The number of allylic oxidation sites excluding steroid dienone is 1. The maximum Gasteiger partial charge on any atom is 0.262 e. The molecule has 0 saturated heterocycles. The van der Waals surface area contributed by atoms with Gasteiger partial charge in [-0.05, 0) is 37.3 Å². The number of nitrogens with one attached hydrogen (secondary N) is 2. The number of H-pyrrole nitrogens is 1. The van der Waals surface area contributed by atoms with Crippen LogP contribution in [0.3, 0.4) is 0 Å². The second kappa shape index (κ2) is 7.12. The molecule has 2 aromatic heterocycles. The Labute approximate surface area is 152 Å². The van der Waals surface area contributed by atoms with Gasteiger partial charge in [0.25, 0.3) is 11.5 Å². The van der Waals surface area contributed by atoms with Gasteiger partial charge in [0.05, 0.1) is 22.5 Å². The highest BCUT2D eigenvalue weighted by molar-refractivity contribution is 7.71. The zero-order chi connectivity index (χ0) is 18.0. The SMILES string of the molecule is C=CCn1c(=S)[nH]c2cc(C(=O)NCc3cnc(C)s3)ccc2c1=O. The average Bonchev–Trinajstić information content (AvgIpc) is 3.01. The maximum absolute atomic E-state index is 12.5. The van der Waals surface area contributed by atoms with Crippen molar-refractivity contribution in [2.45, 2.75) is 20.0 Å². The lowest BCUT2D eigenvalue weighted by molar-refractivity contribution is 0.0951. The Kier molecular flexibility index (Phi) is 4.91. The maximum atomic E-state index is 12.5. The molecule has 1 amide bonds. The molecule has 25 heavy (non-hydrogen) atoms. The van der Waals surface area contributed by atoms with E-state index in [0.29, 0.717) is 34.3 Å². The normalized spacial score (nSPS) is 10.8. The van der Waals surface area contributed by atoms with Crippen LogP contribution in [-0.2, 0) is 13.1 Å². The molecule has 2 heterocycles. The van der Waals surface area contributed by atoms with E-state index in [9.17, 15) is 9.59 Å².